The fourth-order valence-corrected chi connectivity index (χ4v) is 5.52. The van der Waals surface area contributed by atoms with Crippen LogP contribution in [0.4, 0.5) is 0 Å². The first-order valence-electron chi connectivity index (χ1n) is 13.0. The van der Waals surface area contributed by atoms with E-state index in [-0.39, 0.29) is 26.4 Å². The number of unbranched alkanes of at least 4 members (excludes halogenated alkanes) is 14. The van der Waals surface area contributed by atoms with Crippen LogP contribution in [0.15, 0.2) is 0 Å². The van der Waals surface area contributed by atoms with E-state index in [1.54, 1.807) is 0 Å². The van der Waals surface area contributed by atoms with E-state index < -0.39 is 7.75 Å². The molecule has 0 spiro atoms. The van der Waals surface area contributed by atoms with E-state index in [0.717, 1.165) is 25.7 Å². The van der Waals surface area contributed by atoms with Crippen molar-refractivity contribution in [3.63, 3.8) is 0 Å². The van der Waals surface area contributed by atoms with Gasteiger partial charge in [-0.2, -0.15) is 0 Å². The Morgan fingerprint density at radius 2 is 0.903 bits per heavy atom. The number of rotatable bonds is 25. The van der Waals surface area contributed by atoms with Gasteiger partial charge in [-0.1, -0.05) is 104 Å². The summed E-state index contributed by atoms with van der Waals surface area (Å²) in [4.78, 5) is 0. The van der Waals surface area contributed by atoms with Gasteiger partial charge in [0.15, 0.2) is 0 Å². The van der Waals surface area contributed by atoms with Crippen LogP contribution in [-0.2, 0) is 13.6 Å². The molecule has 0 aliphatic carbocycles. The van der Waals surface area contributed by atoms with E-state index in [0.29, 0.717) is 13.1 Å². The second-order valence-corrected chi connectivity index (χ2v) is 10.5. The van der Waals surface area contributed by atoms with Crippen LogP contribution in [-0.4, -0.2) is 54.4 Å². The maximum absolute atomic E-state index is 13.4. The maximum Gasteiger partial charge on any atom is 0.408 e. The van der Waals surface area contributed by atoms with Crippen LogP contribution in [0, 0.1) is 0 Å². The highest BCUT2D eigenvalue weighted by molar-refractivity contribution is 7.51. The predicted octanol–water partition coefficient (Wildman–Crippen LogP) is 6.70. The van der Waals surface area contributed by atoms with Gasteiger partial charge < -0.3 is 10.2 Å². The molecule has 0 amide bonds. The lowest BCUT2D eigenvalue weighted by Crippen LogP contribution is -2.27. The summed E-state index contributed by atoms with van der Waals surface area (Å²) in [6.07, 6.45) is 19.5. The number of aliphatic hydroxyl groups is 2. The second-order valence-electron chi connectivity index (χ2n) is 8.49. The van der Waals surface area contributed by atoms with Crippen molar-refractivity contribution in [2.24, 2.45) is 0 Å². The van der Waals surface area contributed by atoms with Gasteiger partial charge in [0.25, 0.3) is 0 Å². The minimum absolute atomic E-state index is 0.0198. The Morgan fingerprint density at radius 1 is 0.581 bits per heavy atom. The van der Waals surface area contributed by atoms with Gasteiger partial charge in [0.05, 0.1) is 26.4 Å². The molecule has 188 valence electrons. The summed E-state index contributed by atoms with van der Waals surface area (Å²) in [6.45, 7) is 5.36. The molecule has 0 saturated carbocycles. The Bertz CT molecular complexity index is 379. The number of hydrogen-bond acceptors (Lipinski definition) is 5. The smallest absolute Gasteiger partial charge is 0.394 e. The Labute approximate surface area is 192 Å². The molecule has 0 radical (unpaired) electrons. The quantitative estimate of drug-likeness (QED) is 0.115. The van der Waals surface area contributed by atoms with Gasteiger partial charge in [-0.15, -0.1) is 0 Å². The number of hydrogen-bond donors (Lipinski definition) is 2. The third-order valence-corrected chi connectivity index (χ3v) is 7.69. The molecular weight excluding hydrogens is 413 g/mol. The van der Waals surface area contributed by atoms with Gasteiger partial charge in [-0.05, 0) is 12.8 Å². The van der Waals surface area contributed by atoms with Crippen molar-refractivity contribution in [3.05, 3.63) is 0 Å². The molecule has 0 atom stereocenters. The lowest BCUT2D eigenvalue weighted by atomic mass is 10.1. The van der Waals surface area contributed by atoms with Crippen LogP contribution >= 0.6 is 7.75 Å². The lowest BCUT2D eigenvalue weighted by molar-refractivity contribution is 0.111. The van der Waals surface area contributed by atoms with Crippen molar-refractivity contribution in [1.29, 1.82) is 0 Å². The van der Waals surface area contributed by atoms with E-state index in [1.165, 1.54) is 77.0 Å². The molecule has 0 aliphatic heterocycles. The van der Waals surface area contributed by atoms with Crippen LogP contribution in [0.25, 0.3) is 0 Å². The van der Waals surface area contributed by atoms with Gasteiger partial charge in [0.1, 0.15) is 0 Å². The summed E-state index contributed by atoms with van der Waals surface area (Å²) in [5, 5.41) is 18.3. The summed E-state index contributed by atoms with van der Waals surface area (Å²) in [5.41, 5.74) is 0. The normalized spacial score (nSPS) is 12.2. The standard InChI is InChI=1S/C24H52NO5P/c1-3-5-7-9-11-13-15-17-19-25(20-18-16-14-12-10-8-6-4-2)31(28,29-23-21-26)30-24-22-27/h26-27H,3-24H2,1-2H3. The van der Waals surface area contributed by atoms with E-state index in [2.05, 4.69) is 13.8 Å². The van der Waals surface area contributed by atoms with Gasteiger partial charge in [0.2, 0.25) is 0 Å². The molecule has 0 aromatic rings. The van der Waals surface area contributed by atoms with Crippen LogP contribution < -0.4 is 0 Å². The molecule has 6 nitrogen and oxygen atoms in total. The van der Waals surface area contributed by atoms with Crippen LogP contribution in [0.2, 0.25) is 0 Å². The van der Waals surface area contributed by atoms with Crippen molar-refractivity contribution in [2.75, 3.05) is 39.5 Å². The van der Waals surface area contributed by atoms with Crippen molar-refractivity contribution in [1.82, 2.24) is 4.67 Å². The number of nitrogens with zero attached hydrogens (tertiary/aromatic N) is 1. The topological polar surface area (TPSA) is 79.2 Å². The van der Waals surface area contributed by atoms with Gasteiger partial charge in [-0.3, -0.25) is 9.05 Å². The molecule has 2 N–H and O–H groups in total. The first kappa shape index (κ1) is 31.0. The summed E-state index contributed by atoms with van der Waals surface area (Å²) in [5.74, 6) is 0. The average molecular weight is 466 g/mol. The van der Waals surface area contributed by atoms with E-state index in [9.17, 15) is 4.57 Å². The number of aliphatic hydroxyl groups excluding tert-OH is 2. The molecule has 0 aromatic carbocycles. The first-order chi connectivity index (χ1) is 15.1. The molecule has 0 heterocycles. The predicted molar refractivity (Wildman–Crippen MR) is 130 cm³/mol. The minimum Gasteiger partial charge on any atom is -0.394 e. The molecule has 0 bridgehead atoms. The highest BCUT2D eigenvalue weighted by Gasteiger charge is 2.32. The lowest BCUT2D eigenvalue weighted by Gasteiger charge is -2.30. The van der Waals surface area contributed by atoms with Crippen molar-refractivity contribution < 1.29 is 23.8 Å². The minimum atomic E-state index is -3.49. The first-order valence-corrected chi connectivity index (χ1v) is 14.5. The molecule has 31 heavy (non-hydrogen) atoms. The average Bonchev–Trinajstić information content (AvgIpc) is 2.78. The zero-order chi connectivity index (χ0) is 23.0. The zero-order valence-corrected chi connectivity index (χ0v) is 21.5. The van der Waals surface area contributed by atoms with Crippen LogP contribution in [0.5, 0.6) is 0 Å². The Kier molecular flexibility index (Phi) is 23.2. The van der Waals surface area contributed by atoms with E-state index in [1.807, 2.05) is 4.67 Å². The highest BCUT2D eigenvalue weighted by Crippen LogP contribution is 2.52. The molecule has 0 fully saturated rings. The SMILES string of the molecule is CCCCCCCCCCN(CCCCCCCCCC)P(=O)(OCCO)OCCO. The Morgan fingerprint density at radius 3 is 1.23 bits per heavy atom. The van der Waals surface area contributed by atoms with Crippen LogP contribution in [0.1, 0.15) is 117 Å². The Balaban J connectivity index is 4.48. The maximum atomic E-state index is 13.4. The highest BCUT2D eigenvalue weighted by atomic mass is 31.2. The van der Waals surface area contributed by atoms with Crippen LogP contribution in [0.3, 0.4) is 0 Å². The second kappa shape index (κ2) is 23.2. The molecule has 0 aliphatic rings. The molecule has 0 saturated heterocycles. The van der Waals surface area contributed by atoms with Crippen molar-refractivity contribution in [2.45, 2.75) is 117 Å². The fraction of sp³-hybridized carbons (Fsp3) is 1.00. The molecule has 0 aromatic heterocycles. The van der Waals surface area contributed by atoms with Gasteiger partial charge >= 0.3 is 7.75 Å². The third-order valence-electron chi connectivity index (χ3n) is 5.58. The largest absolute Gasteiger partial charge is 0.408 e. The van der Waals surface area contributed by atoms with E-state index in [4.69, 9.17) is 19.3 Å². The van der Waals surface area contributed by atoms with Gasteiger partial charge in [0, 0.05) is 13.1 Å². The monoisotopic (exact) mass is 465 g/mol. The summed E-state index contributed by atoms with van der Waals surface area (Å²) >= 11 is 0. The van der Waals surface area contributed by atoms with Crippen molar-refractivity contribution in [3.8, 4) is 0 Å². The van der Waals surface area contributed by atoms with Gasteiger partial charge in [-0.25, -0.2) is 9.24 Å². The van der Waals surface area contributed by atoms with E-state index >= 15 is 0 Å². The molecule has 0 unspecified atom stereocenters. The molecule has 7 heteroatoms. The molecule has 0 rings (SSSR count). The summed E-state index contributed by atoms with van der Waals surface area (Å²) < 4.78 is 26.2. The summed E-state index contributed by atoms with van der Waals surface area (Å²) in [7, 11) is -3.49. The zero-order valence-electron chi connectivity index (χ0n) is 20.6. The van der Waals surface area contributed by atoms with Crippen molar-refractivity contribution >= 4 is 7.75 Å². The third kappa shape index (κ3) is 18.2. The molecular formula is C24H52NO5P. The summed E-state index contributed by atoms with van der Waals surface area (Å²) in [6, 6.07) is 0. The fourth-order valence-electron chi connectivity index (χ4n) is 3.73. The Hall–Kier alpha value is 0.0300.